The Labute approximate surface area is 245 Å². The number of rotatable bonds is 12. The van der Waals surface area contributed by atoms with Crippen molar-refractivity contribution in [1.29, 1.82) is 0 Å². The van der Waals surface area contributed by atoms with Crippen LogP contribution in [0.15, 0.2) is 77.3 Å². The molecular formula is C30H36BrN3O5S. The van der Waals surface area contributed by atoms with E-state index in [9.17, 15) is 18.0 Å². The summed E-state index contributed by atoms with van der Waals surface area (Å²) in [6, 6.07) is 20.7. The summed E-state index contributed by atoms with van der Waals surface area (Å²) in [4.78, 5) is 29.2. The summed E-state index contributed by atoms with van der Waals surface area (Å²) >= 11 is 3.44. The molecule has 1 N–H and O–H groups in total. The topological polar surface area (TPSA) is 96.0 Å². The van der Waals surface area contributed by atoms with E-state index in [2.05, 4.69) is 21.2 Å². The largest absolute Gasteiger partial charge is 0.497 e. The fourth-order valence-corrected chi connectivity index (χ4v) is 5.39. The summed E-state index contributed by atoms with van der Waals surface area (Å²) in [5.74, 6) is -0.214. The number of carbonyl (C=O) groups excluding carboxylic acids is 2. The van der Waals surface area contributed by atoms with Gasteiger partial charge < -0.3 is 15.0 Å². The van der Waals surface area contributed by atoms with Gasteiger partial charge in [-0.1, -0.05) is 58.4 Å². The number of nitrogens with one attached hydrogen (secondary N) is 1. The Bertz CT molecular complexity index is 1430. The van der Waals surface area contributed by atoms with Crippen LogP contribution in [0.1, 0.15) is 30.5 Å². The van der Waals surface area contributed by atoms with E-state index in [1.165, 1.54) is 4.90 Å². The molecule has 2 amide bonds. The zero-order chi connectivity index (χ0) is 29.4. The minimum absolute atomic E-state index is 0.0794. The lowest BCUT2D eigenvalue weighted by Gasteiger charge is -2.34. The van der Waals surface area contributed by atoms with E-state index in [4.69, 9.17) is 4.74 Å². The normalized spacial score (nSPS) is 12.1. The first-order valence-corrected chi connectivity index (χ1v) is 15.5. The molecule has 3 rings (SSSR count). The molecule has 0 bridgehead atoms. The maximum Gasteiger partial charge on any atom is 0.244 e. The second-order valence-electron chi connectivity index (χ2n) is 9.95. The van der Waals surface area contributed by atoms with Crippen LogP contribution in [0.2, 0.25) is 0 Å². The van der Waals surface area contributed by atoms with Gasteiger partial charge in [-0.15, -0.1) is 0 Å². The van der Waals surface area contributed by atoms with Crippen LogP contribution in [0.25, 0.3) is 0 Å². The van der Waals surface area contributed by atoms with Gasteiger partial charge >= 0.3 is 0 Å². The summed E-state index contributed by atoms with van der Waals surface area (Å²) in [5.41, 5.74) is 2.81. The lowest BCUT2D eigenvalue weighted by Crippen LogP contribution is -2.54. The molecule has 0 heterocycles. The molecule has 0 saturated carbocycles. The summed E-state index contributed by atoms with van der Waals surface area (Å²) in [6.45, 7) is 5.16. The van der Waals surface area contributed by atoms with Crippen LogP contribution < -0.4 is 14.4 Å². The van der Waals surface area contributed by atoms with E-state index < -0.39 is 28.5 Å². The fourth-order valence-electron chi connectivity index (χ4n) is 4.30. The fraction of sp³-hybridized carbons (Fsp3) is 0.333. The Kier molecular flexibility index (Phi) is 10.8. The Hall–Kier alpha value is -3.37. The molecule has 0 aliphatic carbocycles. The van der Waals surface area contributed by atoms with Crippen molar-refractivity contribution in [3.05, 3.63) is 94.0 Å². The van der Waals surface area contributed by atoms with E-state index >= 15 is 0 Å². The first-order chi connectivity index (χ1) is 18.9. The van der Waals surface area contributed by atoms with Crippen LogP contribution in [0.3, 0.4) is 0 Å². The summed E-state index contributed by atoms with van der Waals surface area (Å²) in [7, 11) is -2.28. The van der Waals surface area contributed by atoms with Crippen molar-refractivity contribution in [2.75, 3.05) is 24.2 Å². The van der Waals surface area contributed by atoms with Gasteiger partial charge in [-0.05, 0) is 67.8 Å². The maximum absolute atomic E-state index is 14.1. The van der Waals surface area contributed by atoms with Gasteiger partial charge in [-0.3, -0.25) is 13.9 Å². The van der Waals surface area contributed by atoms with Crippen molar-refractivity contribution in [3.8, 4) is 5.75 Å². The highest BCUT2D eigenvalue weighted by Gasteiger charge is 2.33. The van der Waals surface area contributed by atoms with Crippen LogP contribution in [0.5, 0.6) is 5.75 Å². The number of carbonyl (C=O) groups is 2. The number of benzene rings is 3. The molecular weight excluding hydrogens is 594 g/mol. The van der Waals surface area contributed by atoms with Crippen molar-refractivity contribution in [2.45, 2.75) is 45.8 Å². The van der Waals surface area contributed by atoms with Gasteiger partial charge in [0.15, 0.2) is 0 Å². The Morgan fingerprint density at radius 2 is 1.65 bits per heavy atom. The highest BCUT2D eigenvalue weighted by atomic mass is 79.9. The lowest BCUT2D eigenvalue weighted by molar-refractivity contribution is -0.140. The summed E-state index contributed by atoms with van der Waals surface area (Å²) in [6.07, 6.45) is 1.32. The second-order valence-corrected chi connectivity index (χ2v) is 12.7. The number of anilines is 1. The molecule has 214 valence electrons. The van der Waals surface area contributed by atoms with Crippen molar-refractivity contribution in [2.24, 2.45) is 0 Å². The van der Waals surface area contributed by atoms with Crippen LogP contribution >= 0.6 is 15.9 Å². The van der Waals surface area contributed by atoms with Gasteiger partial charge in [0, 0.05) is 23.5 Å². The highest BCUT2D eigenvalue weighted by Crippen LogP contribution is 2.26. The van der Waals surface area contributed by atoms with Gasteiger partial charge in [0.25, 0.3) is 0 Å². The first kappa shape index (κ1) is 31.2. The average Bonchev–Trinajstić information content (AvgIpc) is 2.90. The Morgan fingerprint density at radius 3 is 2.25 bits per heavy atom. The van der Waals surface area contributed by atoms with Crippen molar-refractivity contribution >= 4 is 43.5 Å². The van der Waals surface area contributed by atoms with Gasteiger partial charge in [0.1, 0.15) is 18.3 Å². The van der Waals surface area contributed by atoms with E-state index in [1.807, 2.05) is 63.2 Å². The van der Waals surface area contributed by atoms with E-state index in [0.29, 0.717) is 11.4 Å². The Morgan fingerprint density at radius 1 is 0.975 bits per heavy atom. The standard InChI is InChI=1S/C30H36BrN3O5S/c1-21(2)32-30(36)28(18-23-10-7-6-8-11-23)33(19-24-12-9-13-26(17-24)39-4)29(35)20-34(40(5,37)38)25-14-15-27(31)22(3)16-25/h6-17,21,28H,18-20H2,1-5H3,(H,32,36)/t28-/m0/s1. The SMILES string of the molecule is COc1cccc(CN(C(=O)CN(c2ccc(Br)c(C)c2)S(C)(=O)=O)[C@@H](Cc2ccccc2)C(=O)NC(C)C)c1. The predicted molar refractivity (Wildman–Crippen MR) is 162 cm³/mol. The zero-order valence-corrected chi connectivity index (χ0v) is 25.8. The predicted octanol–water partition coefficient (Wildman–Crippen LogP) is 4.70. The molecule has 0 unspecified atom stereocenters. The molecule has 8 nitrogen and oxygen atoms in total. The van der Waals surface area contributed by atoms with Crippen LogP contribution in [-0.2, 0) is 32.6 Å². The van der Waals surface area contributed by atoms with E-state index in [0.717, 1.165) is 31.7 Å². The van der Waals surface area contributed by atoms with Gasteiger partial charge in [0.2, 0.25) is 21.8 Å². The summed E-state index contributed by atoms with van der Waals surface area (Å²) < 4.78 is 33.1. The molecule has 0 aliphatic heterocycles. The summed E-state index contributed by atoms with van der Waals surface area (Å²) in [5, 5.41) is 2.94. The first-order valence-electron chi connectivity index (χ1n) is 12.9. The quantitative estimate of drug-likeness (QED) is 0.313. The number of amides is 2. The maximum atomic E-state index is 14.1. The van der Waals surface area contributed by atoms with Gasteiger partial charge in [0.05, 0.1) is 19.1 Å². The number of aryl methyl sites for hydroxylation is 1. The molecule has 0 spiro atoms. The number of hydrogen-bond acceptors (Lipinski definition) is 5. The number of sulfonamides is 1. The minimum atomic E-state index is -3.83. The number of methoxy groups -OCH3 is 1. The number of nitrogens with zero attached hydrogens (tertiary/aromatic N) is 2. The van der Waals surface area contributed by atoms with Crippen molar-refractivity contribution < 1.29 is 22.7 Å². The third-order valence-electron chi connectivity index (χ3n) is 6.30. The third-order valence-corrected chi connectivity index (χ3v) is 8.33. The van der Waals surface area contributed by atoms with Crippen molar-refractivity contribution in [1.82, 2.24) is 10.2 Å². The molecule has 0 radical (unpaired) electrons. The number of ether oxygens (including phenoxy) is 1. The monoisotopic (exact) mass is 629 g/mol. The van der Waals surface area contributed by atoms with Crippen LogP contribution in [-0.4, -0.2) is 57.1 Å². The third kappa shape index (κ3) is 8.56. The zero-order valence-electron chi connectivity index (χ0n) is 23.4. The molecule has 0 aromatic heterocycles. The second kappa shape index (κ2) is 13.8. The molecule has 0 fully saturated rings. The molecule has 0 aliphatic rings. The molecule has 0 saturated heterocycles. The lowest BCUT2D eigenvalue weighted by atomic mass is 10.0. The van der Waals surface area contributed by atoms with Crippen molar-refractivity contribution in [3.63, 3.8) is 0 Å². The average molecular weight is 631 g/mol. The molecule has 10 heteroatoms. The molecule has 1 atom stereocenters. The highest BCUT2D eigenvalue weighted by molar-refractivity contribution is 9.10. The molecule has 3 aromatic rings. The Balaban J connectivity index is 2.08. The van der Waals surface area contributed by atoms with E-state index in [-0.39, 0.29) is 24.9 Å². The molecule has 3 aromatic carbocycles. The number of halogens is 1. The van der Waals surface area contributed by atoms with E-state index in [1.54, 1.807) is 37.4 Å². The molecule has 40 heavy (non-hydrogen) atoms. The van der Waals surface area contributed by atoms with Gasteiger partial charge in [-0.2, -0.15) is 0 Å². The van der Waals surface area contributed by atoms with Gasteiger partial charge in [-0.25, -0.2) is 8.42 Å². The smallest absolute Gasteiger partial charge is 0.244 e. The minimum Gasteiger partial charge on any atom is -0.497 e. The number of hydrogen-bond donors (Lipinski definition) is 1. The van der Waals surface area contributed by atoms with Crippen LogP contribution in [0, 0.1) is 6.92 Å². The van der Waals surface area contributed by atoms with Crippen LogP contribution in [0.4, 0.5) is 5.69 Å².